The Labute approximate surface area is 169 Å². The fraction of sp³-hybridized carbons (Fsp3) is 0.455. The molecule has 2 aromatic heterocycles. The second-order valence-electron chi connectivity index (χ2n) is 7.78. The highest BCUT2D eigenvalue weighted by Gasteiger charge is 2.18. The van der Waals surface area contributed by atoms with Crippen molar-refractivity contribution in [2.75, 3.05) is 6.61 Å². The molecule has 3 aromatic rings. The molecule has 7 heteroatoms. The first kappa shape index (κ1) is 19.3. The number of aryl methyl sites for hydroxylation is 2. The molecule has 0 spiro atoms. The third kappa shape index (κ3) is 3.93. The number of nitriles is 1. The maximum atomic E-state index is 14.9. The maximum absolute atomic E-state index is 14.9. The third-order valence-corrected chi connectivity index (χ3v) is 5.66. The fourth-order valence-corrected chi connectivity index (χ4v) is 4.11. The zero-order chi connectivity index (χ0) is 20.4. The molecule has 0 saturated heterocycles. The molecule has 6 nitrogen and oxygen atoms in total. The monoisotopic (exact) mass is 393 g/mol. The smallest absolute Gasteiger partial charge is 0.234 e. The van der Waals surface area contributed by atoms with Gasteiger partial charge in [-0.25, -0.2) is 14.4 Å². The van der Waals surface area contributed by atoms with Gasteiger partial charge >= 0.3 is 0 Å². The lowest BCUT2D eigenvalue weighted by atomic mass is 9.87. The molecule has 0 N–H and O–H groups in total. The van der Waals surface area contributed by atoms with Gasteiger partial charge in [0, 0.05) is 12.6 Å². The second kappa shape index (κ2) is 8.16. The Hall–Kier alpha value is -3.01. The van der Waals surface area contributed by atoms with Crippen molar-refractivity contribution in [1.29, 1.82) is 5.26 Å². The van der Waals surface area contributed by atoms with Crippen molar-refractivity contribution >= 4 is 11.2 Å². The first-order chi connectivity index (χ1) is 14.1. The number of halogens is 1. The highest BCUT2D eigenvalue weighted by Crippen LogP contribution is 2.32. The summed E-state index contributed by atoms with van der Waals surface area (Å²) in [5.74, 6) is 0.581. The molecule has 1 fully saturated rings. The Bertz CT molecular complexity index is 1060. The van der Waals surface area contributed by atoms with E-state index in [0.717, 1.165) is 6.42 Å². The van der Waals surface area contributed by atoms with Gasteiger partial charge in [0.2, 0.25) is 5.82 Å². The minimum Gasteiger partial charge on any atom is -0.490 e. The molecule has 0 radical (unpaired) electrons. The Kier molecular flexibility index (Phi) is 5.43. The highest BCUT2D eigenvalue weighted by molar-refractivity contribution is 5.88. The summed E-state index contributed by atoms with van der Waals surface area (Å²) in [6.07, 6.45) is 8.98. The van der Waals surface area contributed by atoms with E-state index in [9.17, 15) is 9.65 Å². The van der Waals surface area contributed by atoms with E-state index < -0.39 is 5.82 Å². The first-order valence-electron chi connectivity index (χ1n) is 10.1. The summed E-state index contributed by atoms with van der Waals surface area (Å²) in [5.41, 5.74) is 2.78. The zero-order valence-corrected chi connectivity index (χ0v) is 16.8. The van der Waals surface area contributed by atoms with Gasteiger partial charge in [-0.15, -0.1) is 0 Å². The van der Waals surface area contributed by atoms with Crippen LogP contribution in [0.25, 0.3) is 22.4 Å². The van der Waals surface area contributed by atoms with Gasteiger partial charge in [-0.3, -0.25) is 0 Å². The molecule has 0 aliphatic heterocycles. The zero-order valence-electron chi connectivity index (χ0n) is 16.8. The summed E-state index contributed by atoms with van der Waals surface area (Å²) in [5, 5.41) is 9.26. The van der Waals surface area contributed by atoms with E-state index >= 15 is 0 Å². The topological polar surface area (TPSA) is 76.6 Å². The molecule has 0 amide bonds. The Morgan fingerprint density at radius 1 is 1.24 bits per heavy atom. The van der Waals surface area contributed by atoms with Crippen LogP contribution in [-0.4, -0.2) is 26.1 Å². The van der Waals surface area contributed by atoms with Gasteiger partial charge in [-0.2, -0.15) is 10.2 Å². The molecule has 1 aliphatic carbocycles. The van der Waals surface area contributed by atoms with Crippen LogP contribution in [0.2, 0.25) is 0 Å². The highest BCUT2D eigenvalue weighted by atomic mass is 19.1. The van der Waals surface area contributed by atoms with Gasteiger partial charge in [0.25, 0.3) is 0 Å². The van der Waals surface area contributed by atoms with Crippen LogP contribution in [0.15, 0.2) is 18.5 Å². The van der Waals surface area contributed by atoms with Crippen LogP contribution in [0, 0.1) is 30.0 Å². The lowest BCUT2D eigenvalue weighted by Crippen LogP contribution is -2.11. The SMILES string of the molecule is Cc1cc(-c2nc(C#N)nc3c2ncn3C)cc(F)c1OCCC1CCCCC1. The van der Waals surface area contributed by atoms with Gasteiger partial charge < -0.3 is 9.30 Å². The minimum atomic E-state index is -0.426. The largest absolute Gasteiger partial charge is 0.490 e. The molecule has 2 heterocycles. The van der Waals surface area contributed by atoms with Crippen LogP contribution in [0.4, 0.5) is 4.39 Å². The Morgan fingerprint density at radius 3 is 2.76 bits per heavy atom. The summed E-state index contributed by atoms with van der Waals surface area (Å²) < 4.78 is 22.4. The molecule has 0 unspecified atom stereocenters. The lowest BCUT2D eigenvalue weighted by molar-refractivity contribution is 0.238. The predicted molar refractivity (Wildman–Crippen MR) is 108 cm³/mol. The number of rotatable bonds is 5. The van der Waals surface area contributed by atoms with Crippen LogP contribution < -0.4 is 4.74 Å². The molecule has 0 atom stereocenters. The van der Waals surface area contributed by atoms with Gasteiger partial charge in [0.15, 0.2) is 17.2 Å². The first-order valence-corrected chi connectivity index (χ1v) is 10.1. The molecular formula is C22H24FN5O. The molecule has 29 heavy (non-hydrogen) atoms. The fourth-order valence-electron chi connectivity index (χ4n) is 4.11. The second-order valence-corrected chi connectivity index (χ2v) is 7.78. The van der Waals surface area contributed by atoms with Crippen molar-refractivity contribution in [3.63, 3.8) is 0 Å². The van der Waals surface area contributed by atoms with Gasteiger partial charge in [-0.05, 0) is 37.0 Å². The number of hydrogen-bond donors (Lipinski definition) is 0. The van der Waals surface area contributed by atoms with E-state index in [1.54, 1.807) is 17.9 Å². The third-order valence-electron chi connectivity index (χ3n) is 5.66. The van der Waals surface area contributed by atoms with E-state index in [1.807, 2.05) is 19.1 Å². The van der Waals surface area contributed by atoms with Crippen LogP contribution in [-0.2, 0) is 7.05 Å². The van der Waals surface area contributed by atoms with E-state index in [2.05, 4.69) is 15.0 Å². The molecule has 1 saturated carbocycles. The van der Waals surface area contributed by atoms with Crippen LogP contribution >= 0.6 is 0 Å². The van der Waals surface area contributed by atoms with E-state index in [4.69, 9.17) is 4.74 Å². The van der Waals surface area contributed by atoms with Crippen LogP contribution in [0.1, 0.15) is 49.9 Å². The van der Waals surface area contributed by atoms with Gasteiger partial charge in [0.05, 0.1) is 12.9 Å². The summed E-state index contributed by atoms with van der Waals surface area (Å²) >= 11 is 0. The average Bonchev–Trinajstić information content (AvgIpc) is 3.10. The number of imidazole rings is 1. The summed E-state index contributed by atoms with van der Waals surface area (Å²) in [7, 11) is 1.79. The number of aromatic nitrogens is 4. The molecular weight excluding hydrogens is 369 g/mol. The number of benzene rings is 1. The van der Waals surface area contributed by atoms with Crippen molar-refractivity contribution in [1.82, 2.24) is 19.5 Å². The number of nitrogens with zero attached hydrogens (tertiary/aromatic N) is 5. The number of hydrogen-bond acceptors (Lipinski definition) is 5. The van der Waals surface area contributed by atoms with Crippen LogP contribution in [0.3, 0.4) is 0 Å². The summed E-state index contributed by atoms with van der Waals surface area (Å²) in [6.45, 7) is 2.35. The molecule has 0 bridgehead atoms. The van der Waals surface area contributed by atoms with Gasteiger partial charge in [0.1, 0.15) is 17.3 Å². The molecule has 4 rings (SSSR count). The normalized spacial score (nSPS) is 14.8. The molecule has 150 valence electrons. The van der Waals surface area contributed by atoms with Crippen molar-refractivity contribution in [2.24, 2.45) is 13.0 Å². The standard InChI is InChI=1S/C22H24FN5O/c1-14-10-16(19-20-22(28(2)13-25-20)27-18(12-24)26-19)11-17(23)21(14)29-9-8-15-6-4-3-5-7-15/h10-11,13,15H,3-9H2,1-2H3. The Balaban J connectivity index is 1.60. The molecule has 1 aliphatic rings. The Morgan fingerprint density at radius 2 is 2.03 bits per heavy atom. The van der Waals surface area contributed by atoms with E-state index in [0.29, 0.717) is 40.5 Å². The lowest BCUT2D eigenvalue weighted by Gasteiger charge is -2.21. The van der Waals surface area contributed by atoms with Crippen molar-refractivity contribution < 1.29 is 9.13 Å². The quantitative estimate of drug-likeness (QED) is 0.628. The average molecular weight is 393 g/mol. The van der Waals surface area contributed by atoms with Gasteiger partial charge in [-0.1, -0.05) is 32.1 Å². The summed E-state index contributed by atoms with van der Waals surface area (Å²) in [4.78, 5) is 12.8. The minimum absolute atomic E-state index is 0.0296. The van der Waals surface area contributed by atoms with E-state index in [-0.39, 0.29) is 11.6 Å². The van der Waals surface area contributed by atoms with Crippen molar-refractivity contribution in [3.8, 4) is 23.1 Å². The number of ether oxygens (including phenoxy) is 1. The van der Waals surface area contributed by atoms with Crippen molar-refractivity contribution in [2.45, 2.75) is 45.4 Å². The molecule has 1 aromatic carbocycles. The van der Waals surface area contributed by atoms with Crippen LogP contribution in [0.5, 0.6) is 5.75 Å². The van der Waals surface area contributed by atoms with E-state index in [1.165, 1.54) is 38.2 Å². The van der Waals surface area contributed by atoms with Crippen molar-refractivity contribution in [3.05, 3.63) is 35.7 Å². The number of fused-ring (bicyclic) bond motifs is 1. The predicted octanol–water partition coefficient (Wildman–Crippen LogP) is 4.70. The maximum Gasteiger partial charge on any atom is 0.234 e. The summed E-state index contributed by atoms with van der Waals surface area (Å²) in [6, 6.07) is 5.20.